The second-order valence-electron chi connectivity index (χ2n) is 4.20. The fourth-order valence-electron chi connectivity index (χ4n) is 1.17. The van der Waals surface area contributed by atoms with Gasteiger partial charge in [-0.1, -0.05) is 13.8 Å². The van der Waals surface area contributed by atoms with Crippen LogP contribution in [0.15, 0.2) is 5.38 Å². The summed E-state index contributed by atoms with van der Waals surface area (Å²) in [5.41, 5.74) is 0.938. The molecular weight excluding hydrogens is 222 g/mol. The third-order valence-corrected chi connectivity index (χ3v) is 2.92. The standard InChI is InChI=1S/C11H19N3OS/c1-8(2)4-5-12-6-10(15)14-11-13-9(3)7-16-11/h7-8,12H,4-6H2,1-3H3,(H,13,14,15). The van der Waals surface area contributed by atoms with Crippen LogP contribution >= 0.6 is 11.3 Å². The number of carbonyl (C=O) groups is 1. The molecule has 1 amide bonds. The number of aryl methyl sites for hydroxylation is 1. The molecule has 5 heteroatoms. The molecule has 0 saturated carbocycles. The smallest absolute Gasteiger partial charge is 0.240 e. The van der Waals surface area contributed by atoms with E-state index in [2.05, 4.69) is 29.5 Å². The van der Waals surface area contributed by atoms with Crippen molar-refractivity contribution in [3.63, 3.8) is 0 Å². The Kier molecular flexibility index (Phi) is 5.42. The number of anilines is 1. The Morgan fingerprint density at radius 3 is 2.88 bits per heavy atom. The first kappa shape index (κ1) is 13.1. The van der Waals surface area contributed by atoms with Crippen LogP contribution in [0.2, 0.25) is 0 Å². The van der Waals surface area contributed by atoms with Crippen LogP contribution in [0.1, 0.15) is 26.0 Å². The summed E-state index contributed by atoms with van der Waals surface area (Å²) in [5.74, 6) is 0.635. The summed E-state index contributed by atoms with van der Waals surface area (Å²) in [7, 11) is 0. The first-order valence-electron chi connectivity index (χ1n) is 5.50. The van der Waals surface area contributed by atoms with Gasteiger partial charge in [-0.3, -0.25) is 4.79 Å². The van der Waals surface area contributed by atoms with Crippen LogP contribution in [0, 0.1) is 12.8 Å². The minimum absolute atomic E-state index is 0.0295. The number of carbonyl (C=O) groups excluding carboxylic acids is 1. The number of rotatable bonds is 6. The van der Waals surface area contributed by atoms with Crippen LogP contribution in [0.4, 0.5) is 5.13 Å². The van der Waals surface area contributed by atoms with Gasteiger partial charge in [0.25, 0.3) is 0 Å². The molecule has 0 spiro atoms. The third kappa shape index (κ3) is 5.23. The van der Waals surface area contributed by atoms with Crippen molar-refractivity contribution in [1.29, 1.82) is 0 Å². The van der Waals surface area contributed by atoms with Gasteiger partial charge in [0.15, 0.2) is 5.13 Å². The van der Waals surface area contributed by atoms with Crippen molar-refractivity contribution >= 4 is 22.4 Å². The topological polar surface area (TPSA) is 54.0 Å². The van der Waals surface area contributed by atoms with Crippen molar-refractivity contribution < 1.29 is 4.79 Å². The fraction of sp³-hybridized carbons (Fsp3) is 0.636. The van der Waals surface area contributed by atoms with E-state index in [0.717, 1.165) is 18.7 Å². The minimum Gasteiger partial charge on any atom is -0.308 e. The molecule has 0 aliphatic carbocycles. The maximum atomic E-state index is 11.5. The second-order valence-corrected chi connectivity index (χ2v) is 5.06. The Morgan fingerprint density at radius 1 is 1.56 bits per heavy atom. The van der Waals surface area contributed by atoms with Crippen molar-refractivity contribution in [2.24, 2.45) is 5.92 Å². The number of aromatic nitrogens is 1. The largest absolute Gasteiger partial charge is 0.308 e. The van der Waals surface area contributed by atoms with Gasteiger partial charge >= 0.3 is 0 Å². The number of nitrogens with one attached hydrogen (secondary N) is 2. The summed E-state index contributed by atoms with van der Waals surface area (Å²) in [5, 5.41) is 8.46. The molecule has 0 fully saturated rings. The lowest BCUT2D eigenvalue weighted by Crippen LogP contribution is -2.29. The summed E-state index contributed by atoms with van der Waals surface area (Å²) in [4.78, 5) is 15.6. The Hall–Kier alpha value is -0.940. The lowest BCUT2D eigenvalue weighted by atomic mass is 10.1. The molecule has 1 heterocycles. The van der Waals surface area contributed by atoms with Gasteiger partial charge in [0.2, 0.25) is 5.91 Å². The van der Waals surface area contributed by atoms with Crippen molar-refractivity contribution in [3.8, 4) is 0 Å². The molecule has 0 aromatic carbocycles. The molecule has 2 N–H and O–H groups in total. The maximum Gasteiger partial charge on any atom is 0.240 e. The van der Waals surface area contributed by atoms with Crippen molar-refractivity contribution in [1.82, 2.24) is 10.3 Å². The average Bonchev–Trinajstić information content (AvgIpc) is 2.58. The summed E-state index contributed by atoms with van der Waals surface area (Å²) in [6.45, 7) is 7.47. The molecule has 0 bridgehead atoms. The number of amides is 1. The predicted molar refractivity (Wildman–Crippen MR) is 67.8 cm³/mol. The molecule has 4 nitrogen and oxygen atoms in total. The fourth-order valence-corrected chi connectivity index (χ4v) is 1.87. The molecule has 1 rings (SSSR count). The van der Waals surface area contributed by atoms with Crippen LogP contribution in [-0.4, -0.2) is 24.0 Å². The first-order chi connectivity index (χ1) is 7.58. The van der Waals surface area contributed by atoms with Gasteiger partial charge in [-0.25, -0.2) is 4.98 Å². The van der Waals surface area contributed by atoms with Crippen LogP contribution in [0.25, 0.3) is 0 Å². The molecule has 0 aliphatic heterocycles. The molecule has 0 aliphatic rings. The number of hydrogen-bond donors (Lipinski definition) is 2. The number of hydrogen-bond acceptors (Lipinski definition) is 4. The third-order valence-electron chi connectivity index (χ3n) is 2.05. The van der Waals surface area contributed by atoms with E-state index in [4.69, 9.17) is 0 Å². The van der Waals surface area contributed by atoms with Gasteiger partial charge in [-0.2, -0.15) is 0 Å². The predicted octanol–water partition coefficient (Wildman–Crippen LogP) is 2.03. The molecule has 0 radical (unpaired) electrons. The van der Waals surface area contributed by atoms with Gasteiger partial charge < -0.3 is 10.6 Å². The molecule has 0 atom stereocenters. The van der Waals surface area contributed by atoms with Crippen LogP contribution in [-0.2, 0) is 4.79 Å². The summed E-state index contributed by atoms with van der Waals surface area (Å²) in [6, 6.07) is 0. The number of thiazole rings is 1. The molecule has 0 saturated heterocycles. The van der Waals surface area contributed by atoms with E-state index < -0.39 is 0 Å². The van der Waals surface area contributed by atoms with Gasteiger partial charge in [-0.15, -0.1) is 11.3 Å². The van der Waals surface area contributed by atoms with Crippen molar-refractivity contribution in [3.05, 3.63) is 11.1 Å². The molecule has 90 valence electrons. The highest BCUT2D eigenvalue weighted by molar-refractivity contribution is 7.13. The van der Waals surface area contributed by atoms with E-state index in [1.807, 2.05) is 12.3 Å². The Labute approximate surface area is 100 Å². The molecule has 1 aromatic rings. The maximum absolute atomic E-state index is 11.5. The highest BCUT2D eigenvalue weighted by atomic mass is 32.1. The summed E-state index contributed by atoms with van der Waals surface area (Å²) in [6.07, 6.45) is 1.09. The van der Waals surface area contributed by atoms with Gasteiger partial charge in [-0.05, 0) is 25.8 Å². The van der Waals surface area contributed by atoms with Crippen molar-refractivity contribution in [2.45, 2.75) is 27.2 Å². The van der Waals surface area contributed by atoms with Gasteiger partial charge in [0.1, 0.15) is 0 Å². The Morgan fingerprint density at radius 2 is 2.31 bits per heavy atom. The monoisotopic (exact) mass is 241 g/mol. The summed E-state index contributed by atoms with van der Waals surface area (Å²) >= 11 is 1.45. The van der Waals surface area contributed by atoms with E-state index in [0.29, 0.717) is 17.6 Å². The zero-order valence-corrected chi connectivity index (χ0v) is 10.9. The lowest BCUT2D eigenvalue weighted by Gasteiger charge is -2.06. The van der Waals surface area contributed by atoms with Crippen LogP contribution in [0.3, 0.4) is 0 Å². The van der Waals surface area contributed by atoms with Crippen LogP contribution in [0.5, 0.6) is 0 Å². The lowest BCUT2D eigenvalue weighted by molar-refractivity contribution is -0.115. The van der Waals surface area contributed by atoms with Crippen LogP contribution < -0.4 is 10.6 Å². The quantitative estimate of drug-likeness (QED) is 0.749. The molecule has 1 aromatic heterocycles. The first-order valence-corrected chi connectivity index (χ1v) is 6.38. The second kappa shape index (κ2) is 6.60. The van der Waals surface area contributed by atoms with E-state index in [1.165, 1.54) is 11.3 Å². The zero-order valence-electron chi connectivity index (χ0n) is 10.0. The molecule has 0 unspecified atom stereocenters. The van der Waals surface area contributed by atoms with E-state index in [1.54, 1.807) is 0 Å². The highest BCUT2D eigenvalue weighted by Gasteiger charge is 2.04. The summed E-state index contributed by atoms with van der Waals surface area (Å²) < 4.78 is 0. The number of nitrogens with zero attached hydrogens (tertiary/aromatic N) is 1. The average molecular weight is 241 g/mol. The normalized spacial score (nSPS) is 10.8. The molecule has 16 heavy (non-hydrogen) atoms. The van der Waals surface area contributed by atoms with Gasteiger partial charge in [0.05, 0.1) is 12.2 Å². The van der Waals surface area contributed by atoms with E-state index in [9.17, 15) is 4.79 Å². The van der Waals surface area contributed by atoms with E-state index in [-0.39, 0.29) is 5.91 Å². The SMILES string of the molecule is Cc1csc(NC(=O)CNCCC(C)C)n1. The Bertz CT molecular complexity index is 336. The zero-order chi connectivity index (χ0) is 12.0. The highest BCUT2D eigenvalue weighted by Crippen LogP contribution is 2.13. The van der Waals surface area contributed by atoms with Gasteiger partial charge in [0, 0.05) is 5.38 Å². The minimum atomic E-state index is -0.0295. The van der Waals surface area contributed by atoms with Crippen molar-refractivity contribution in [2.75, 3.05) is 18.4 Å². The Balaban J connectivity index is 2.16. The van der Waals surface area contributed by atoms with E-state index >= 15 is 0 Å². The molecular formula is C11H19N3OS.